The molecule has 1 aromatic heterocycles. The summed E-state index contributed by atoms with van der Waals surface area (Å²) in [5.41, 5.74) is 2.00. The lowest BCUT2D eigenvalue weighted by molar-refractivity contribution is 0.261. The number of aromatic nitrogens is 2. The summed E-state index contributed by atoms with van der Waals surface area (Å²) in [7, 11) is 0. The molecule has 0 amide bonds. The molecule has 5 heteroatoms. The van der Waals surface area contributed by atoms with Crippen LogP contribution in [0.3, 0.4) is 0 Å². The maximum atomic E-state index is 6.23. The Morgan fingerprint density at radius 3 is 2.75 bits per heavy atom. The van der Waals surface area contributed by atoms with E-state index in [9.17, 15) is 0 Å². The van der Waals surface area contributed by atoms with Crippen LogP contribution < -0.4 is 4.74 Å². The van der Waals surface area contributed by atoms with Crippen LogP contribution in [-0.2, 0) is 19.6 Å². The fraction of sp³-hybridized carbons (Fsp3) is 0.526. The molecule has 1 saturated carbocycles. The number of benzene rings is 1. The van der Waals surface area contributed by atoms with E-state index in [1.165, 1.54) is 25.7 Å². The van der Waals surface area contributed by atoms with Crippen LogP contribution in [0.4, 0.5) is 0 Å². The van der Waals surface area contributed by atoms with E-state index in [4.69, 9.17) is 33.0 Å². The van der Waals surface area contributed by atoms with Gasteiger partial charge in [-0.3, -0.25) is 0 Å². The first kappa shape index (κ1) is 17.6. The lowest BCUT2D eigenvalue weighted by Crippen LogP contribution is -2.11. The third-order valence-corrected chi connectivity index (χ3v) is 5.19. The summed E-state index contributed by atoms with van der Waals surface area (Å²) in [6.07, 6.45) is 7.32. The van der Waals surface area contributed by atoms with E-state index < -0.39 is 0 Å². The van der Waals surface area contributed by atoms with Crippen molar-refractivity contribution in [2.45, 2.75) is 58.6 Å². The van der Waals surface area contributed by atoms with Gasteiger partial charge in [0.25, 0.3) is 0 Å². The molecule has 3 rings (SSSR count). The van der Waals surface area contributed by atoms with Crippen molar-refractivity contribution in [2.24, 2.45) is 5.92 Å². The Hall–Kier alpha value is -1.19. The van der Waals surface area contributed by atoms with Gasteiger partial charge >= 0.3 is 0 Å². The third kappa shape index (κ3) is 4.46. The van der Waals surface area contributed by atoms with Gasteiger partial charge in [0.05, 0.1) is 5.69 Å². The monoisotopic (exact) mass is 366 g/mol. The number of aryl methyl sites for hydroxylation is 1. The molecule has 24 heavy (non-hydrogen) atoms. The zero-order valence-electron chi connectivity index (χ0n) is 14.1. The molecule has 1 heterocycles. The van der Waals surface area contributed by atoms with Gasteiger partial charge in [-0.05, 0) is 43.4 Å². The highest BCUT2D eigenvalue weighted by molar-refractivity contribution is 6.33. The predicted molar refractivity (Wildman–Crippen MR) is 99.0 cm³/mol. The van der Waals surface area contributed by atoms with Crippen LogP contribution in [0, 0.1) is 5.92 Å². The molecule has 2 aromatic rings. The zero-order valence-corrected chi connectivity index (χ0v) is 15.6. The van der Waals surface area contributed by atoms with Crippen molar-refractivity contribution in [3.63, 3.8) is 0 Å². The van der Waals surface area contributed by atoms with E-state index in [0.29, 0.717) is 16.7 Å². The Kier molecular flexibility index (Phi) is 6.07. The largest absolute Gasteiger partial charge is 0.473 e. The maximum absolute atomic E-state index is 6.23. The smallest absolute Gasteiger partial charge is 0.212 e. The SMILES string of the molecule is CCCc1cc(OCc2cc(Cl)ccc2Cl)n(CC2CCCC2)n1. The molecule has 1 aliphatic rings. The number of nitrogens with zero attached hydrogens (tertiary/aromatic N) is 2. The third-order valence-electron chi connectivity index (χ3n) is 4.59. The maximum Gasteiger partial charge on any atom is 0.212 e. The van der Waals surface area contributed by atoms with Crippen molar-refractivity contribution < 1.29 is 4.74 Å². The van der Waals surface area contributed by atoms with Gasteiger partial charge in [-0.1, -0.05) is 49.4 Å². The molecular formula is C19H24Cl2N2O. The number of rotatable bonds is 7. The number of hydrogen-bond donors (Lipinski definition) is 0. The van der Waals surface area contributed by atoms with E-state index in [0.717, 1.165) is 42.4 Å². The minimum Gasteiger partial charge on any atom is -0.473 e. The highest BCUT2D eigenvalue weighted by Gasteiger charge is 2.19. The molecule has 0 radical (unpaired) electrons. The van der Waals surface area contributed by atoms with Crippen LogP contribution in [-0.4, -0.2) is 9.78 Å². The van der Waals surface area contributed by atoms with Gasteiger partial charge in [-0.2, -0.15) is 5.10 Å². The van der Waals surface area contributed by atoms with Gasteiger partial charge in [0.1, 0.15) is 6.61 Å². The summed E-state index contributed by atoms with van der Waals surface area (Å²) in [4.78, 5) is 0. The zero-order chi connectivity index (χ0) is 16.9. The fourth-order valence-corrected chi connectivity index (χ4v) is 3.69. The van der Waals surface area contributed by atoms with Crippen LogP contribution in [0.15, 0.2) is 24.3 Å². The lowest BCUT2D eigenvalue weighted by atomic mass is 10.1. The van der Waals surface area contributed by atoms with Crippen LogP contribution in [0.25, 0.3) is 0 Å². The first-order chi connectivity index (χ1) is 11.7. The van der Waals surface area contributed by atoms with Crippen molar-refractivity contribution >= 4 is 23.2 Å². The summed E-state index contributed by atoms with van der Waals surface area (Å²) < 4.78 is 8.09. The first-order valence-electron chi connectivity index (χ1n) is 8.79. The molecular weight excluding hydrogens is 343 g/mol. The first-order valence-corrected chi connectivity index (χ1v) is 9.54. The number of halogens is 2. The average Bonchev–Trinajstić information content (AvgIpc) is 3.19. The predicted octanol–water partition coefficient (Wildman–Crippen LogP) is 5.91. The summed E-state index contributed by atoms with van der Waals surface area (Å²) >= 11 is 12.3. The van der Waals surface area contributed by atoms with Gasteiger partial charge in [0.2, 0.25) is 5.88 Å². The fourth-order valence-electron chi connectivity index (χ4n) is 3.32. The standard InChI is InChI=1S/C19H24Cl2N2O/c1-2-5-17-11-19(23(22-17)12-14-6-3-4-7-14)24-13-15-10-16(20)8-9-18(15)21/h8-11,14H,2-7,12-13H2,1H3. The summed E-state index contributed by atoms with van der Waals surface area (Å²) in [5, 5.41) is 6.09. The highest BCUT2D eigenvalue weighted by Crippen LogP contribution is 2.29. The minimum absolute atomic E-state index is 0.404. The van der Waals surface area contributed by atoms with E-state index in [1.54, 1.807) is 12.1 Å². The Morgan fingerprint density at radius 2 is 2.00 bits per heavy atom. The molecule has 130 valence electrons. The van der Waals surface area contributed by atoms with Gasteiger partial charge in [0, 0.05) is 28.2 Å². The summed E-state index contributed by atoms with van der Waals surface area (Å²) in [5.74, 6) is 1.55. The number of ether oxygens (including phenoxy) is 1. The van der Waals surface area contributed by atoms with Crippen molar-refractivity contribution in [2.75, 3.05) is 0 Å². The van der Waals surface area contributed by atoms with E-state index in [-0.39, 0.29) is 0 Å². The quantitative estimate of drug-likeness (QED) is 0.608. The topological polar surface area (TPSA) is 27.1 Å². The van der Waals surface area contributed by atoms with Gasteiger partial charge in [-0.15, -0.1) is 0 Å². The molecule has 1 fully saturated rings. The second-order valence-electron chi connectivity index (χ2n) is 6.58. The van der Waals surface area contributed by atoms with Crippen molar-refractivity contribution in [3.8, 4) is 5.88 Å². The molecule has 0 atom stereocenters. The Morgan fingerprint density at radius 1 is 1.21 bits per heavy atom. The molecule has 0 spiro atoms. The van der Waals surface area contributed by atoms with Crippen molar-refractivity contribution in [1.82, 2.24) is 9.78 Å². The molecule has 0 saturated heterocycles. The van der Waals surface area contributed by atoms with Crippen LogP contribution in [0.1, 0.15) is 50.3 Å². The summed E-state index contributed by atoms with van der Waals surface area (Å²) in [6.45, 7) is 3.52. The van der Waals surface area contributed by atoms with Crippen LogP contribution in [0.5, 0.6) is 5.88 Å². The van der Waals surface area contributed by atoms with Crippen molar-refractivity contribution in [3.05, 3.63) is 45.6 Å². The molecule has 3 nitrogen and oxygen atoms in total. The Balaban J connectivity index is 1.73. The van der Waals surface area contributed by atoms with E-state index in [1.807, 2.05) is 10.7 Å². The van der Waals surface area contributed by atoms with Gasteiger partial charge in [0.15, 0.2) is 0 Å². The van der Waals surface area contributed by atoms with Crippen LogP contribution in [0.2, 0.25) is 10.0 Å². The van der Waals surface area contributed by atoms with Crippen LogP contribution >= 0.6 is 23.2 Å². The Bertz CT molecular complexity index is 678. The molecule has 0 bridgehead atoms. The molecule has 0 aliphatic heterocycles. The Labute approximate surface area is 153 Å². The average molecular weight is 367 g/mol. The lowest BCUT2D eigenvalue weighted by Gasteiger charge is -2.13. The van der Waals surface area contributed by atoms with E-state index in [2.05, 4.69) is 13.0 Å². The van der Waals surface area contributed by atoms with E-state index >= 15 is 0 Å². The molecule has 1 aliphatic carbocycles. The highest BCUT2D eigenvalue weighted by atomic mass is 35.5. The molecule has 0 N–H and O–H groups in total. The second-order valence-corrected chi connectivity index (χ2v) is 7.42. The van der Waals surface area contributed by atoms with Gasteiger partial charge < -0.3 is 4.74 Å². The molecule has 0 unspecified atom stereocenters. The van der Waals surface area contributed by atoms with Crippen molar-refractivity contribution in [1.29, 1.82) is 0 Å². The normalized spacial score (nSPS) is 15.1. The second kappa shape index (κ2) is 8.26. The van der Waals surface area contributed by atoms with Gasteiger partial charge in [-0.25, -0.2) is 4.68 Å². The number of hydrogen-bond acceptors (Lipinski definition) is 2. The minimum atomic E-state index is 0.404. The molecule has 1 aromatic carbocycles. The summed E-state index contributed by atoms with van der Waals surface area (Å²) in [6, 6.07) is 7.52.